The van der Waals surface area contributed by atoms with E-state index in [1.165, 1.54) is 0 Å². The smallest absolute Gasteiger partial charge is 0.243 e. The maximum atomic E-state index is 13.5. The van der Waals surface area contributed by atoms with Crippen molar-refractivity contribution >= 4 is 21.6 Å². The molecule has 0 radical (unpaired) electrons. The van der Waals surface area contributed by atoms with Crippen LogP contribution in [0.4, 0.5) is 5.69 Å². The van der Waals surface area contributed by atoms with Gasteiger partial charge in [0.05, 0.1) is 10.3 Å². The van der Waals surface area contributed by atoms with Gasteiger partial charge in [0.15, 0.2) is 11.5 Å². The Morgan fingerprint density at radius 2 is 1.52 bits per heavy atom. The summed E-state index contributed by atoms with van der Waals surface area (Å²) in [5.74, 6) is 1.33. The molecule has 0 bridgehead atoms. The van der Waals surface area contributed by atoms with Crippen LogP contribution in [0.15, 0.2) is 47.4 Å². The summed E-state index contributed by atoms with van der Waals surface area (Å²) < 4.78 is 38.7. The molecule has 0 aromatic heterocycles. The molecule has 176 valence electrons. The van der Waals surface area contributed by atoms with Gasteiger partial charge in [-0.3, -0.25) is 4.79 Å². The minimum atomic E-state index is -3.49. The molecule has 2 aromatic carbocycles. The standard InChI is InChI=1S/C25H30N2O5S/c28-24(25(12-2-3-13-25)19-6-11-22-23(18-19)32-17-16-31-22)26-20-7-9-21(10-8-20)33(29,30)27-14-4-1-5-15-27/h6-11,18H,1-5,12-17H2,(H,26,28). The van der Waals surface area contributed by atoms with Gasteiger partial charge in [-0.05, 0) is 67.6 Å². The summed E-state index contributed by atoms with van der Waals surface area (Å²) in [5.41, 5.74) is 0.904. The summed E-state index contributed by atoms with van der Waals surface area (Å²) in [6.45, 7) is 2.17. The largest absolute Gasteiger partial charge is 0.486 e. The molecule has 2 fully saturated rings. The van der Waals surface area contributed by atoms with E-state index in [1.807, 2.05) is 18.2 Å². The van der Waals surface area contributed by atoms with Gasteiger partial charge in [-0.25, -0.2) is 8.42 Å². The second-order valence-electron chi connectivity index (χ2n) is 9.09. The average Bonchev–Trinajstić information content (AvgIpc) is 3.36. The van der Waals surface area contributed by atoms with Crippen LogP contribution in [-0.2, 0) is 20.2 Å². The van der Waals surface area contributed by atoms with Gasteiger partial charge in [0.2, 0.25) is 15.9 Å². The predicted octanol–water partition coefficient (Wildman–Crippen LogP) is 4.08. The number of hydrogen-bond acceptors (Lipinski definition) is 5. The van der Waals surface area contributed by atoms with E-state index in [1.54, 1.807) is 28.6 Å². The third-order valence-corrected chi connectivity index (χ3v) is 8.96. The van der Waals surface area contributed by atoms with Crippen LogP contribution in [0.5, 0.6) is 11.5 Å². The van der Waals surface area contributed by atoms with E-state index in [4.69, 9.17) is 9.47 Å². The number of carbonyl (C=O) groups is 1. The summed E-state index contributed by atoms with van der Waals surface area (Å²) in [7, 11) is -3.49. The first-order valence-electron chi connectivity index (χ1n) is 11.8. The molecule has 1 aliphatic carbocycles. The lowest BCUT2D eigenvalue weighted by molar-refractivity contribution is -0.121. The van der Waals surface area contributed by atoms with E-state index in [0.29, 0.717) is 43.5 Å². The number of fused-ring (bicyclic) bond motifs is 1. The van der Waals surface area contributed by atoms with Crippen LogP contribution in [0.25, 0.3) is 0 Å². The summed E-state index contributed by atoms with van der Waals surface area (Å²) in [5, 5.41) is 3.04. The fourth-order valence-electron chi connectivity index (χ4n) is 5.18. The molecular weight excluding hydrogens is 440 g/mol. The zero-order valence-corrected chi connectivity index (χ0v) is 19.5. The van der Waals surface area contributed by atoms with Crippen molar-refractivity contribution in [3.05, 3.63) is 48.0 Å². The van der Waals surface area contributed by atoms with E-state index in [2.05, 4.69) is 5.32 Å². The van der Waals surface area contributed by atoms with Crippen molar-refractivity contribution in [3.8, 4) is 11.5 Å². The molecule has 2 heterocycles. The van der Waals surface area contributed by atoms with Crippen molar-refractivity contribution < 1.29 is 22.7 Å². The zero-order chi connectivity index (χ0) is 22.9. The Kier molecular flexibility index (Phi) is 6.05. The molecule has 8 heteroatoms. The SMILES string of the molecule is O=C(Nc1ccc(S(=O)(=O)N2CCCCC2)cc1)C1(c2ccc3c(c2)OCCO3)CCCC1. The Labute approximate surface area is 195 Å². The minimum Gasteiger partial charge on any atom is -0.486 e. The molecule has 1 saturated carbocycles. The molecule has 2 aromatic rings. The van der Waals surface area contributed by atoms with Gasteiger partial charge in [-0.15, -0.1) is 0 Å². The van der Waals surface area contributed by atoms with E-state index in [9.17, 15) is 13.2 Å². The van der Waals surface area contributed by atoms with Gasteiger partial charge < -0.3 is 14.8 Å². The summed E-state index contributed by atoms with van der Waals surface area (Å²) in [6.07, 6.45) is 6.36. The average molecular weight is 471 g/mol. The van der Waals surface area contributed by atoms with Gasteiger partial charge in [0.25, 0.3) is 0 Å². The summed E-state index contributed by atoms with van der Waals surface area (Å²) in [6, 6.07) is 12.3. The molecule has 0 spiro atoms. The van der Waals surface area contributed by atoms with E-state index < -0.39 is 15.4 Å². The normalized spacial score (nSPS) is 20.4. The first-order chi connectivity index (χ1) is 16.0. The van der Waals surface area contributed by atoms with Gasteiger partial charge in [0, 0.05) is 18.8 Å². The number of hydrogen-bond donors (Lipinski definition) is 1. The van der Waals surface area contributed by atoms with Crippen molar-refractivity contribution in [3.63, 3.8) is 0 Å². The topological polar surface area (TPSA) is 84.9 Å². The predicted molar refractivity (Wildman–Crippen MR) is 125 cm³/mol. The third-order valence-electron chi connectivity index (χ3n) is 7.05. The quantitative estimate of drug-likeness (QED) is 0.712. The summed E-state index contributed by atoms with van der Waals surface area (Å²) >= 11 is 0. The molecule has 1 N–H and O–H groups in total. The van der Waals surface area contributed by atoms with E-state index in [-0.39, 0.29) is 10.8 Å². The Balaban J connectivity index is 1.35. The van der Waals surface area contributed by atoms with Gasteiger partial charge >= 0.3 is 0 Å². The van der Waals surface area contributed by atoms with Crippen molar-refractivity contribution in [1.29, 1.82) is 0 Å². The Morgan fingerprint density at radius 1 is 0.848 bits per heavy atom. The maximum Gasteiger partial charge on any atom is 0.243 e. The Hall–Kier alpha value is -2.58. The Bertz CT molecular complexity index is 1120. The molecule has 7 nitrogen and oxygen atoms in total. The molecule has 3 aliphatic rings. The van der Waals surface area contributed by atoms with E-state index >= 15 is 0 Å². The molecule has 1 saturated heterocycles. The second kappa shape index (κ2) is 8.99. The number of sulfonamides is 1. The van der Waals surface area contributed by atoms with E-state index in [0.717, 1.165) is 50.5 Å². The molecule has 2 aliphatic heterocycles. The van der Waals surface area contributed by atoms with Crippen LogP contribution >= 0.6 is 0 Å². The number of rotatable bonds is 5. The van der Waals surface area contributed by atoms with Crippen molar-refractivity contribution in [2.45, 2.75) is 55.3 Å². The van der Waals surface area contributed by atoms with Crippen LogP contribution in [-0.4, -0.2) is 44.9 Å². The monoisotopic (exact) mass is 470 g/mol. The number of carbonyl (C=O) groups excluding carboxylic acids is 1. The lowest BCUT2D eigenvalue weighted by Crippen LogP contribution is -2.38. The zero-order valence-electron chi connectivity index (χ0n) is 18.7. The number of benzene rings is 2. The summed E-state index contributed by atoms with van der Waals surface area (Å²) in [4.78, 5) is 13.8. The molecule has 5 rings (SSSR count). The number of piperidine rings is 1. The maximum absolute atomic E-state index is 13.5. The van der Waals surface area contributed by atoms with Gasteiger partial charge in [-0.1, -0.05) is 25.3 Å². The fourth-order valence-corrected chi connectivity index (χ4v) is 6.70. The van der Waals surface area contributed by atoms with Gasteiger partial charge in [0.1, 0.15) is 13.2 Å². The molecule has 1 amide bonds. The highest BCUT2D eigenvalue weighted by Crippen LogP contribution is 2.45. The third kappa shape index (κ3) is 4.22. The molecule has 33 heavy (non-hydrogen) atoms. The first-order valence-corrected chi connectivity index (χ1v) is 13.2. The highest BCUT2D eigenvalue weighted by atomic mass is 32.2. The number of amides is 1. The van der Waals surface area contributed by atoms with Crippen LogP contribution in [0, 0.1) is 0 Å². The lowest BCUT2D eigenvalue weighted by atomic mass is 9.77. The number of ether oxygens (including phenoxy) is 2. The highest BCUT2D eigenvalue weighted by Gasteiger charge is 2.43. The van der Waals surface area contributed by atoms with Crippen LogP contribution in [0.3, 0.4) is 0 Å². The van der Waals surface area contributed by atoms with Crippen LogP contribution in [0.2, 0.25) is 0 Å². The number of anilines is 1. The molecule has 0 atom stereocenters. The molecular formula is C25H30N2O5S. The van der Waals surface area contributed by atoms with Crippen LogP contribution in [0.1, 0.15) is 50.5 Å². The Morgan fingerprint density at radius 3 is 2.21 bits per heavy atom. The number of nitrogens with one attached hydrogen (secondary N) is 1. The first kappa shape index (κ1) is 22.2. The van der Waals surface area contributed by atoms with Gasteiger partial charge in [-0.2, -0.15) is 4.31 Å². The van der Waals surface area contributed by atoms with Crippen molar-refractivity contribution in [2.75, 3.05) is 31.6 Å². The minimum absolute atomic E-state index is 0.0664. The number of nitrogens with zero attached hydrogens (tertiary/aromatic N) is 1. The fraction of sp³-hybridized carbons (Fsp3) is 0.480. The highest BCUT2D eigenvalue weighted by molar-refractivity contribution is 7.89. The lowest BCUT2D eigenvalue weighted by Gasteiger charge is -2.30. The van der Waals surface area contributed by atoms with Crippen LogP contribution < -0.4 is 14.8 Å². The molecule has 0 unspecified atom stereocenters. The van der Waals surface area contributed by atoms with Crippen molar-refractivity contribution in [1.82, 2.24) is 4.31 Å². The van der Waals surface area contributed by atoms with Crippen molar-refractivity contribution in [2.24, 2.45) is 0 Å². The second-order valence-corrected chi connectivity index (χ2v) is 11.0.